The first-order valence-corrected chi connectivity index (χ1v) is 9.29. The maximum atomic E-state index is 11.4. The van der Waals surface area contributed by atoms with Gasteiger partial charge < -0.3 is 5.11 Å². The van der Waals surface area contributed by atoms with E-state index in [-0.39, 0.29) is 5.56 Å². The van der Waals surface area contributed by atoms with Gasteiger partial charge in [0.1, 0.15) is 0 Å². The van der Waals surface area contributed by atoms with Gasteiger partial charge in [0.2, 0.25) is 0 Å². The Morgan fingerprint density at radius 2 is 1.41 bits per heavy atom. The van der Waals surface area contributed by atoms with Gasteiger partial charge in [0.25, 0.3) is 0 Å². The van der Waals surface area contributed by atoms with Crippen LogP contribution in [0.3, 0.4) is 0 Å². The lowest BCUT2D eigenvalue weighted by Gasteiger charge is -2.13. The monoisotopic (exact) mass is 376 g/mol. The number of carboxylic acid groups (broad SMARTS) is 1. The fourth-order valence-corrected chi connectivity index (χ4v) is 3.60. The first kappa shape index (κ1) is 17.1. The second-order valence-corrected chi connectivity index (χ2v) is 6.82. The molecule has 5 rings (SSSR count). The minimum absolute atomic E-state index is 0.197. The smallest absolute Gasteiger partial charge is 0.335 e. The van der Waals surface area contributed by atoms with Gasteiger partial charge in [-0.3, -0.25) is 0 Å². The molecule has 0 aliphatic heterocycles. The molecule has 29 heavy (non-hydrogen) atoms. The van der Waals surface area contributed by atoms with E-state index in [1.807, 2.05) is 54.6 Å². The largest absolute Gasteiger partial charge is 0.478 e. The number of hydrogen-bond acceptors (Lipinski definition) is 3. The third-order valence-electron chi connectivity index (χ3n) is 5.00. The summed E-state index contributed by atoms with van der Waals surface area (Å²) in [5, 5.41) is 11.6. The summed E-state index contributed by atoms with van der Waals surface area (Å²) < 4.78 is 0. The Bertz CT molecular complexity index is 1370. The van der Waals surface area contributed by atoms with Crippen LogP contribution in [-0.4, -0.2) is 21.0 Å². The predicted molar refractivity (Wildman–Crippen MR) is 115 cm³/mol. The first-order chi connectivity index (χ1) is 14.2. The molecular weight excluding hydrogens is 360 g/mol. The second-order valence-electron chi connectivity index (χ2n) is 6.82. The Morgan fingerprint density at radius 1 is 0.690 bits per heavy atom. The summed E-state index contributed by atoms with van der Waals surface area (Å²) >= 11 is 0. The van der Waals surface area contributed by atoms with E-state index in [4.69, 9.17) is 9.97 Å². The van der Waals surface area contributed by atoms with Crippen molar-refractivity contribution in [3.05, 3.63) is 96.6 Å². The second kappa shape index (κ2) is 6.84. The van der Waals surface area contributed by atoms with Crippen molar-refractivity contribution in [1.29, 1.82) is 0 Å². The van der Waals surface area contributed by atoms with Gasteiger partial charge in [-0.1, -0.05) is 72.8 Å². The molecule has 5 aromatic rings. The molecule has 138 valence electrons. The van der Waals surface area contributed by atoms with E-state index in [1.54, 1.807) is 18.2 Å². The average molecular weight is 376 g/mol. The number of nitrogens with zero attached hydrogens (tertiary/aromatic N) is 2. The molecule has 0 bridgehead atoms. The fraction of sp³-hybridized carbons (Fsp3) is 0. The molecule has 0 aliphatic rings. The van der Waals surface area contributed by atoms with Crippen LogP contribution >= 0.6 is 0 Å². The van der Waals surface area contributed by atoms with Crippen LogP contribution in [0.25, 0.3) is 44.3 Å². The molecule has 0 amide bonds. The zero-order valence-corrected chi connectivity index (χ0v) is 15.4. The number of carbonyl (C=O) groups is 1. The highest BCUT2D eigenvalue weighted by Gasteiger charge is 2.16. The molecule has 1 N–H and O–H groups in total. The van der Waals surface area contributed by atoms with Crippen LogP contribution in [0.2, 0.25) is 0 Å². The molecule has 0 radical (unpaired) electrons. The fourth-order valence-electron chi connectivity index (χ4n) is 3.60. The quantitative estimate of drug-likeness (QED) is 0.431. The molecule has 0 unspecified atom stereocenters. The number of rotatable bonds is 3. The van der Waals surface area contributed by atoms with Crippen molar-refractivity contribution in [2.45, 2.75) is 0 Å². The molecule has 4 aromatic carbocycles. The van der Waals surface area contributed by atoms with Crippen LogP contribution in [0.5, 0.6) is 0 Å². The summed E-state index contributed by atoms with van der Waals surface area (Å²) in [7, 11) is 0. The Labute approximate surface area is 167 Å². The van der Waals surface area contributed by atoms with Gasteiger partial charge in [-0.2, -0.15) is 0 Å². The number of hydrogen-bond donors (Lipinski definition) is 1. The Morgan fingerprint density at radius 3 is 2.24 bits per heavy atom. The van der Waals surface area contributed by atoms with Crippen molar-refractivity contribution >= 4 is 27.8 Å². The van der Waals surface area contributed by atoms with Crippen LogP contribution in [0, 0.1) is 0 Å². The van der Waals surface area contributed by atoms with E-state index in [2.05, 4.69) is 18.2 Å². The Kier molecular flexibility index (Phi) is 4.03. The maximum Gasteiger partial charge on any atom is 0.335 e. The topological polar surface area (TPSA) is 63.1 Å². The van der Waals surface area contributed by atoms with Gasteiger partial charge in [-0.25, -0.2) is 14.8 Å². The molecule has 4 heteroatoms. The molecule has 1 heterocycles. The zero-order valence-electron chi connectivity index (χ0n) is 15.4. The highest BCUT2D eigenvalue weighted by atomic mass is 16.4. The third-order valence-corrected chi connectivity index (χ3v) is 5.00. The summed E-state index contributed by atoms with van der Waals surface area (Å²) in [6.45, 7) is 0. The van der Waals surface area contributed by atoms with Gasteiger partial charge in [-0.15, -0.1) is 0 Å². The predicted octanol–water partition coefficient (Wildman–Crippen LogP) is 5.82. The number of benzene rings is 4. The molecule has 0 spiro atoms. The van der Waals surface area contributed by atoms with Crippen molar-refractivity contribution in [3.63, 3.8) is 0 Å². The van der Waals surface area contributed by atoms with Crippen molar-refractivity contribution in [2.24, 2.45) is 0 Å². The van der Waals surface area contributed by atoms with Crippen LogP contribution in [0.15, 0.2) is 91.0 Å². The van der Waals surface area contributed by atoms with Crippen LogP contribution in [0.1, 0.15) is 10.4 Å². The van der Waals surface area contributed by atoms with Gasteiger partial charge in [0, 0.05) is 11.1 Å². The van der Waals surface area contributed by atoms with Crippen molar-refractivity contribution in [2.75, 3.05) is 0 Å². The highest BCUT2D eigenvalue weighted by Crippen LogP contribution is 2.35. The van der Waals surface area contributed by atoms with Gasteiger partial charge in [-0.05, 0) is 29.0 Å². The third kappa shape index (κ3) is 3.01. The number of aromatic carboxylic acids is 1. The van der Waals surface area contributed by atoms with E-state index in [1.165, 1.54) is 0 Å². The summed E-state index contributed by atoms with van der Waals surface area (Å²) in [5.74, 6) is -0.979. The van der Waals surface area contributed by atoms with E-state index in [9.17, 15) is 9.90 Å². The van der Waals surface area contributed by atoms with E-state index in [0.29, 0.717) is 11.0 Å². The zero-order chi connectivity index (χ0) is 19.8. The van der Waals surface area contributed by atoms with Crippen molar-refractivity contribution < 1.29 is 9.90 Å². The Balaban J connectivity index is 1.87. The lowest BCUT2D eigenvalue weighted by molar-refractivity contribution is 0.0697. The maximum absolute atomic E-state index is 11.4. The minimum Gasteiger partial charge on any atom is -0.478 e. The molecule has 4 nitrogen and oxygen atoms in total. The molecule has 0 saturated heterocycles. The van der Waals surface area contributed by atoms with Crippen LogP contribution in [-0.2, 0) is 0 Å². The summed E-state index contributed by atoms with van der Waals surface area (Å²) in [5.41, 5.74) is 4.87. The highest BCUT2D eigenvalue weighted by molar-refractivity contribution is 6.00. The van der Waals surface area contributed by atoms with Crippen LogP contribution < -0.4 is 0 Å². The first-order valence-electron chi connectivity index (χ1n) is 9.29. The molecule has 0 fully saturated rings. The molecule has 1 aromatic heterocycles. The van der Waals surface area contributed by atoms with Crippen molar-refractivity contribution in [1.82, 2.24) is 9.97 Å². The summed E-state index contributed by atoms with van der Waals surface area (Å²) in [4.78, 5) is 21.2. The van der Waals surface area contributed by atoms with Gasteiger partial charge in [0.15, 0.2) is 0 Å². The molecule has 0 aliphatic carbocycles. The normalized spacial score (nSPS) is 11.0. The molecule has 0 atom stereocenters. The SMILES string of the molecule is O=C(O)c1ccc2nc(-c3ccccc3)c(-c3cccc4ccccc34)nc2c1. The summed E-state index contributed by atoms with van der Waals surface area (Å²) in [6, 6.07) is 29.0. The summed E-state index contributed by atoms with van der Waals surface area (Å²) in [6.07, 6.45) is 0. The Hall–Kier alpha value is -4.05. The lowest BCUT2D eigenvalue weighted by Crippen LogP contribution is -1.99. The van der Waals surface area contributed by atoms with Gasteiger partial charge >= 0.3 is 5.97 Å². The standard InChI is InChI=1S/C25H16N2O2/c28-25(29)18-13-14-21-22(15-18)27-24(23(26-21)17-8-2-1-3-9-17)20-12-6-10-16-7-4-5-11-19(16)20/h1-15H,(H,28,29). The number of aromatic nitrogens is 2. The molecular formula is C25H16N2O2. The molecule has 0 saturated carbocycles. The van der Waals surface area contributed by atoms with Crippen LogP contribution in [0.4, 0.5) is 0 Å². The van der Waals surface area contributed by atoms with Crippen molar-refractivity contribution in [3.8, 4) is 22.5 Å². The van der Waals surface area contributed by atoms with E-state index < -0.39 is 5.97 Å². The lowest BCUT2D eigenvalue weighted by atomic mass is 9.98. The minimum atomic E-state index is -0.979. The van der Waals surface area contributed by atoms with E-state index in [0.717, 1.165) is 33.3 Å². The van der Waals surface area contributed by atoms with Gasteiger partial charge in [0.05, 0.1) is 28.0 Å². The average Bonchev–Trinajstić information content (AvgIpc) is 2.78. The van der Waals surface area contributed by atoms with E-state index >= 15 is 0 Å². The number of fused-ring (bicyclic) bond motifs is 2. The number of carboxylic acids is 1.